The smallest absolute Gasteiger partial charge is 0.337 e. The number of rotatable bonds is 4. The van der Waals surface area contributed by atoms with Crippen molar-refractivity contribution in [3.63, 3.8) is 0 Å². The zero-order valence-corrected chi connectivity index (χ0v) is 7.60. The fraction of sp³-hybridized carbons (Fsp3) is 0.500. The first-order valence-electron chi connectivity index (χ1n) is 3.97. The molecule has 0 aromatic carbocycles. The number of aromatic nitrogens is 2. The van der Waals surface area contributed by atoms with Crippen LogP contribution in [0.15, 0.2) is 12.4 Å². The molecule has 0 fully saturated rings. The molecule has 0 aliphatic carbocycles. The summed E-state index contributed by atoms with van der Waals surface area (Å²) in [4.78, 5) is 10.7. The van der Waals surface area contributed by atoms with Gasteiger partial charge < -0.3 is 9.84 Å². The van der Waals surface area contributed by atoms with Gasteiger partial charge in [0.2, 0.25) is 0 Å². The average Bonchev–Trinajstić information content (AvgIpc) is 2.53. The lowest BCUT2D eigenvalue weighted by Crippen LogP contribution is -2.12. The van der Waals surface area contributed by atoms with Crippen molar-refractivity contribution in [2.24, 2.45) is 0 Å². The minimum absolute atomic E-state index is 0.567. The van der Waals surface area contributed by atoms with Crippen molar-refractivity contribution < 1.29 is 14.6 Å². The Morgan fingerprint density at radius 2 is 2.54 bits per heavy atom. The normalized spacial score (nSPS) is 12.8. The summed E-state index contributed by atoms with van der Waals surface area (Å²) >= 11 is 0. The van der Waals surface area contributed by atoms with Crippen molar-refractivity contribution in [3.8, 4) is 0 Å². The molecule has 0 saturated carbocycles. The summed E-state index contributed by atoms with van der Waals surface area (Å²) in [7, 11) is 1.36. The molecule has 5 heteroatoms. The summed E-state index contributed by atoms with van der Waals surface area (Å²) in [6, 6.07) is 0. The molecular formula is C8H12N2O3. The number of aryl methyl sites for hydroxylation is 1. The van der Waals surface area contributed by atoms with Crippen molar-refractivity contribution >= 4 is 5.97 Å². The van der Waals surface area contributed by atoms with E-state index < -0.39 is 12.1 Å². The molecule has 0 amide bonds. The average molecular weight is 184 g/mol. The molecule has 0 spiro atoms. The zero-order valence-electron chi connectivity index (χ0n) is 7.60. The third-order valence-corrected chi connectivity index (χ3v) is 1.74. The van der Waals surface area contributed by atoms with Crippen LogP contribution in [-0.2, 0) is 16.1 Å². The molecule has 0 bridgehead atoms. The van der Waals surface area contributed by atoms with Gasteiger partial charge in [-0.15, -0.1) is 0 Å². The van der Waals surface area contributed by atoms with E-state index in [0.717, 1.165) is 6.54 Å². The van der Waals surface area contributed by atoms with E-state index >= 15 is 0 Å². The first-order valence-corrected chi connectivity index (χ1v) is 3.97. The van der Waals surface area contributed by atoms with Gasteiger partial charge in [-0.25, -0.2) is 4.79 Å². The van der Waals surface area contributed by atoms with E-state index in [0.29, 0.717) is 5.56 Å². The Kier molecular flexibility index (Phi) is 3.02. The molecule has 0 saturated heterocycles. The summed E-state index contributed by atoms with van der Waals surface area (Å²) in [5.41, 5.74) is 0.567. The van der Waals surface area contributed by atoms with E-state index in [1.165, 1.54) is 13.3 Å². The maximum absolute atomic E-state index is 10.7. The van der Waals surface area contributed by atoms with Gasteiger partial charge >= 0.3 is 5.97 Å². The highest BCUT2D eigenvalue weighted by Gasteiger charge is 2.20. The van der Waals surface area contributed by atoms with Crippen LogP contribution in [-0.4, -0.2) is 28.0 Å². The predicted molar refractivity (Wildman–Crippen MR) is 45.3 cm³/mol. The van der Waals surface area contributed by atoms with E-state index in [1.54, 1.807) is 10.9 Å². The molecule has 5 nitrogen and oxygen atoms in total. The van der Waals surface area contributed by atoms with Gasteiger partial charge in [-0.1, -0.05) is 0 Å². The molecule has 1 atom stereocenters. The van der Waals surface area contributed by atoms with Crippen LogP contribution in [0.4, 0.5) is 0 Å². The lowest BCUT2D eigenvalue weighted by atomic mass is 10.2. The first kappa shape index (κ1) is 9.73. The number of hydrogen-bond donors (Lipinski definition) is 1. The number of aliphatic carboxylic acids is 1. The summed E-state index contributed by atoms with van der Waals surface area (Å²) in [5.74, 6) is -1.00. The summed E-state index contributed by atoms with van der Waals surface area (Å²) in [6.45, 7) is 2.65. The van der Waals surface area contributed by atoms with Crippen molar-refractivity contribution in [3.05, 3.63) is 18.0 Å². The second-order valence-corrected chi connectivity index (χ2v) is 2.58. The number of carbonyl (C=O) groups is 1. The molecule has 1 aromatic heterocycles. The lowest BCUT2D eigenvalue weighted by Gasteiger charge is -2.06. The molecule has 1 unspecified atom stereocenters. The van der Waals surface area contributed by atoms with Gasteiger partial charge in [0.05, 0.1) is 6.20 Å². The molecule has 0 radical (unpaired) electrons. The number of nitrogens with zero attached hydrogens (tertiary/aromatic N) is 2. The fourth-order valence-electron chi connectivity index (χ4n) is 1.07. The van der Waals surface area contributed by atoms with Gasteiger partial charge in [-0.3, -0.25) is 4.68 Å². The molecule has 1 rings (SSSR count). The van der Waals surface area contributed by atoms with Crippen LogP contribution in [0.25, 0.3) is 0 Å². The summed E-state index contributed by atoms with van der Waals surface area (Å²) < 4.78 is 6.46. The van der Waals surface area contributed by atoms with Crippen molar-refractivity contribution in [2.45, 2.75) is 19.6 Å². The number of methoxy groups -OCH3 is 1. The molecular weight excluding hydrogens is 172 g/mol. The highest BCUT2D eigenvalue weighted by molar-refractivity contribution is 5.74. The Morgan fingerprint density at radius 1 is 1.85 bits per heavy atom. The number of hydrogen-bond acceptors (Lipinski definition) is 3. The van der Waals surface area contributed by atoms with Crippen LogP contribution in [0.5, 0.6) is 0 Å². The second kappa shape index (κ2) is 4.04. The van der Waals surface area contributed by atoms with E-state index in [1.807, 2.05) is 6.92 Å². The Morgan fingerprint density at radius 3 is 2.92 bits per heavy atom. The highest BCUT2D eigenvalue weighted by Crippen LogP contribution is 2.15. The predicted octanol–water partition coefficient (Wildman–Crippen LogP) is 0.675. The van der Waals surface area contributed by atoms with Crippen molar-refractivity contribution in [1.82, 2.24) is 9.78 Å². The third kappa shape index (κ3) is 2.06. The summed E-state index contributed by atoms with van der Waals surface area (Å²) in [6.07, 6.45) is 2.26. The van der Waals surface area contributed by atoms with Gasteiger partial charge in [0.1, 0.15) is 0 Å². The Balaban J connectivity index is 2.85. The van der Waals surface area contributed by atoms with Gasteiger partial charge in [0, 0.05) is 25.4 Å². The molecule has 1 N–H and O–H groups in total. The van der Waals surface area contributed by atoms with Gasteiger partial charge in [0.15, 0.2) is 6.10 Å². The van der Waals surface area contributed by atoms with E-state index in [9.17, 15) is 4.79 Å². The second-order valence-electron chi connectivity index (χ2n) is 2.58. The molecule has 0 aliphatic heterocycles. The van der Waals surface area contributed by atoms with Crippen LogP contribution in [0.3, 0.4) is 0 Å². The molecule has 1 heterocycles. The van der Waals surface area contributed by atoms with Gasteiger partial charge in [-0.05, 0) is 6.92 Å². The SMILES string of the molecule is CCn1cc(C(OC)C(=O)O)cn1. The molecule has 0 aliphatic rings. The largest absolute Gasteiger partial charge is 0.479 e. The topological polar surface area (TPSA) is 64.3 Å². The van der Waals surface area contributed by atoms with E-state index in [4.69, 9.17) is 9.84 Å². The summed E-state index contributed by atoms with van der Waals surface area (Å²) in [5, 5.41) is 12.7. The maximum Gasteiger partial charge on any atom is 0.337 e. The standard InChI is InChI=1S/C8H12N2O3/c1-3-10-5-6(4-9-10)7(13-2)8(11)12/h4-5,7H,3H2,1-2H3,(H,11,12). The van der Waals surface area contributed by atoms with Crippen LogP contribution in [0.1, 0.15) is 18.6 Å². The van der Waals surface area contributed by atoms with Crippen molar-refractivity contribution in [1.29, 1.82) is 0 Å². The Bertz CT molecular complexity index is 295. The van der Waals surface area contributed by atoms with E-state index in [2.05, 4.69) is 5.10 Å². The molecule has 72 valence electrons. The molecule has 13 heavy (non-hydrogen) atoms. The van der Waals surface area contributed by atoms with Crippen molar-refractivity contribution in [2.75, 3.05) is 7.11 Å². The van der Waals surface area contributed by atoms with Gasteiger partial charge in [-0.2, -0.15) is 5.10 Å². The highest BCUT2D eigenvalue weighted by atomic mass is 16.5. The Hall–Kier alpha value is -1.36. The molecule has 1 aromatic rings. The first-order chi connectivity index (χ1) is 6.19. The number of ether oxygens (including phenoxy) is 1. The maximum atomic E-state index is 10.7. The minimum Gasteiger partial charge on any atom is -0.479 e. The fourth-order valence-corrected chi connectivity index (χ4v) is 1.07. The van der Waals surface area contributed by atoms with Crippen LogP contribution >= 0.6 is 0 Å². The van der Waals surface area contributed by atoms with Crippen LogP contribution in [0.2, 0.25) is 0 Å². The minimum atomic E-state index is -1.00. The van der Waals surface area contributed by atoms with E-state index in [-0.39, 0.29) is 0 Å². The monoisotopic (exact) mass is 184 g/mol. The Labute approximate surface area is 75.9 Å². The third-order valence-electron chi connectivity index (χ3n) is 1.74. The number of carboxylic acid groups (broad SMARTS) is 1. The number of carboxylic acids is 1. The quantitative estimate of drug-likeness (QED) is 0.747. The van der Waals surface area contributed by atoms with Gasteiger partial charge in [0.25, 0.3) is 0 Å². The van der Waals surface area contributed by atoms with Crippen LogP contribution < -0.4 is 0 Å². The zero-order chi connectivity index (χ0) is 9.84. The lowest BCUT2D eigenvalue weighted by molar-refractivity contribution is -0.148. The van der Waals surface area contributed by atoms with Crippen LogP contribution in [0, 0.1) is 0 Å².